The maximum absolute atomic E-state index is 13.0. The van der Waals surface area contributed by atoms with Gasteiger partial charge in [-0.25, -0.2) is 4.68 Å². The molecule has 2 heterocycles. The first-order valence-electron chi connectivity index (χ1n) is 9.43. The van der Waals surface area contributed by atoms with Crippen LogP contribution in [0.1, 0.15) is 43.9 Å². The summed E-state index contributed by atoms with van der Waals surface area (Å²) < 4.78 is 7.08. The minimum atomic E-state index is -0.369. The lowest BCUT2D eigenvalue weighted by molar-refractivity contribution is -0.138. The van der Waals surface area contributed by atoms with Gasteiger partial charge in [0, 0.05) is 32.7 Å². The number of carbonyl (C=O) groups excluding carboxylic acids is 2. The van der Waals surface area contributed by atoms with Crippen LogP contribution in [0.3, 0.4) is 0 Å². The second-order valence-electron chi connectivity index (χ2n) is 7.70. The van der Waals surface area contributed by atoms with Gasteiger partial charge in [0.25, 0.3) is 5.56 Å². The summed E-state index contributed by atoms with van der Waals surface area (Å²) in [4.78, 5) is 38.4. The molecule has 1 aliphatic heterocycles. The number of aryl methyl sites for hydroxylation is 2. The lowest BCUT2D eigenvalue weighted by Crippen LogP contribution is -2.56. The standard InChI is InChI=1S/C19H28N4O4/c1-12-9-17(25)23(21-13(12)2)11-18(26)22-8-7-19(27-4)6-5-15(10-16(19)22)20-14(3)24/h9,15-16H,5-8,10-11H2,1-4H3,(H,20,24)/t15-,16+,19-/m1/s1. The molecule has 1 saturated heterocycles. The zero-order chi connectivity index (χ0) is 19.8. The first-order valence-corrected chi connectivity index (χ1v) is 9.43. The van der Waals surface area contributed by atoms with Gasteiger partial charge in [0.05, 0.1) is 17.3 Å². The van der Waals surface area contributed by atoms with Gasteiger partial charge in [-0.3, -0.25) is 14.4 Å². The number of nitrogens with zero attached hydrogens (tertiary/aromatic N) is 3. The number of likely N-dealkylation sites (tertiary alicyclic amines) is 1. The Morgan fingerprint density at radius 3 is 2.78 bits per heavy atom. The molecule has 1 aliphatic carbocycles. The molecule has 8 nitrogen and oxygen atoms in total. The fourth-order valence-corrected chi connectivity index (χ4v) is 4.42. The van der Waals surface area contributed by atoms with Crippen LogP contribution in [0.4, 0.5) is 0 Å². The van der Waals surface area contributed by atoms with E-state index < -0.39 is 0 Å². The van der Waals surface area contributed by atoms with Gasteiger partial charge < -0.3 is 15.0 Å². The molecule has 2 amide bonds. The second-order valence-corrected chi connectivity index (χ2v) is 7.70. The number of nitrogens with one attached hydrogen (secondary N) is 1. The average Bonchev–Trinajstić information content (AvgIpc) is 2.98. The van der Waals surface area contributed by atoms with Crippen LogP contribution >= 0.6 is 0 Å². The van der Waals surface area contributed by atoms with Gasteiger partial charge in [-0.2, -0.15) is 5.10 Å². The molecule has 0 radical (unpaired) electrons. The van der Waals surface area contributed by atoms with Crippen molar-refractivity contribution in [1.29, 1.82) is 0 Å². The van der Waals surface area contributed by atoms with E-state index in [0.717, 1.165) is 30.5 Å². The van der Waals surface area contributed by atoms with Gasteiger partial charge >= 0.3 is 0 Å². The van der Waals surface area contributed by atoms with Crippen LogP contribution < -0.4 is 10.9 Å². The largest absolute Gasteiger partial charge is 0.376 e. The van der Waals surface area contributed by atoms with Crippen LogP contribution in [0.5, 0.6) is 0 Å². The summed E-state index contributed by atoms with van der Waals surface area (Å²) in [5.74, 6) is -0.202. The summed E-state index contributed by atoms with van der Waals surface area (Å²) in [5.41, 5.74) is 0.905. The molecule has 2 fully saturated rings. The molecule has 148 valence electrons. The summed E-state index contributed by atoms with van der Waals surface area (Å²) in [6.07, 6.45) is 3.06. The van der Waals surface area contributed by atoms with Gasteiger partial charge in [0.15, 0.2) is 0 Å². The maximum atomic E-state index is 13.0. The topological polar surface area (TPSA) is 93.5 Å². The monoisotopic (exact) mass is 376 g/mol. The van der Waals surface area contributed by atoms with Crippen molar-refractivity contribution in [2.75, 3.05) is 13.7 Å². The first kappa shape index (κ1) is 19.5. The lowest BCUT2D eigenvalue weighted by Gasteiger charge is -2.43. The van der Waals surface area contributed by atoms with Crippen molar-refractivity contribution in [3.63, 3.8) is 0 Å². The van der Waals surface area contributed by atoms with Gasteiger partial charge in [0.2, 0.25) is 11.8 Å². The van der Waals surface area contributed by atoms with E-state index in [-0.39, 0.29) is 41.6 Å². The third-order valence-corrected chi connectivity index (χ3v) is 6.04. The minimum Gasteiger partial charge on any atom is -0.376 e. The molecule has 27 heavy (non-hydrogen) atoms. The molecular formula is C19H28N4O4. The van der Waals surface area contributed by atoms with Crippen LogP contribution in [0, 0.1) is 13.8 Å². The third kappa shape index (κ3) is 3.76. The van der Waals surface area contributed by atoms with E-state index in [2.05, 4.69) is 10.4 Å². The summed E-state index contributed by atoms with van der Waals surface area (Å²) in [6, 6.07) is 1.43. The fourth-order valence-electron chi connectivity index (χ4n) is 4.42. The van der Waals surface area contributed by atoms with Crippen LogP contribution in [0.25, 0.3) is 0 Å². The number of methoxy groups -OCH3 is 1. The summed E-state index contributed by atoms with van der Waals surface area (Å²) in [7, 11) is 1.69. The molecule has 0 aromatic carbocycles. The Labute approximate surface area is 158 Å². The Kier molecular flexibility index (Phi) is 5.37. The molecular weight excluding hydrogens is 348 g/mol. The number of carbonyl (C=O) groups is 2. The average molecular weight is 376 g/mol. The van der Waals surface area contributed by atoms with Gasteiger partial charge in [-0.1, -0.05) is 0 Å². The molecule has 1 aromatic rings. The highest BCUT2D eigenvalue weighted by Gasteiger charge is 2.52. The third-order valence-electron chi connectivity index (χ3n) is 6.04. The second kappa shape index (κ2) is 7.42. The Morgan fingerprint density at radius 1 is 1.37 bits per heavy atom. The van der Waals surface area contributed by atoms with Crippen LogP contribution in [0.2, 0.25) is 0 Å². The predicted molar refractivity (Wildman–Crippen MR) is 99.3 cm³/mol. The SMILES string of the molecule is CO[C@@]12CC[C@@H](NC(C)=O)C[C@@H]1N(C(=O)Cn1nc(C)c(C)cc1=O)CC2. The van der Waals surface area contributed by atoms with Crippen molar-refractivity contribution in [2.45, 2.75) is 70.7 Å². The number of amides is 2. The number of ether oxygens (including phenoxy) is 1. The summed E-state index contributed by atoms with van der Waals surface area (Å²) in [6.45, 7) is 5.66. The zero-order valence-electron chi connectivity index (χ0n) is 16.4. The molecule has 0 spiro atoms. The summed E-state index contributed by atoms with van der Waals surface area (Å²) >= 11 is 0. The van der Waals surface area contributed by atoms with Crippen molar-refractivity contribution in [3.8, 4) is 0 Å². The van der Waals surface area contributed by atoms with E-state index in [9.17, 15) is 14.4 Å². The van der Waals surface area contributed by atoms with Gasteiger partial charge in [0.1, 0.15) is 6.54 Å². The number of aromatic nitrogens is 2. The van der Waals surface area contributed by atoms with E-state index in [1.807, 2.05) is 13.8 Å². The quantitative estimate of drug-likeness (QED) is 0.828. The Hall–Kier alpha value is -2.22. The highest BCUT2D eigenvalue weighted by atomic mass is 16.5. The molecule has 0 unspecified atom stereocenters. The van der Waals surface area contributed by atoms with Crippen molar-refractivity contribution < 1.29 is 14.3 Å². The zero-order valence-corrected chi connectivity index (χ0v) is 16.4. The molecule has 2 aliphatic rings. The first-order chi connectivity index (χ1) is 12.8. The molecule has 1 N–H and O–H groups in total. The highest BCUT2D eigenvalue weighted by molar-refractivity contribution is 5.77. The molecule has 3 rings (SSSR count). The number of hydrogen-bond donors (Lipinski definition) is 1. The van der Waals surface area contributed by atoms with E-state index in [4.69, 9.17) is 4.74 Å². The Balaban J connectivity index is 1.79. The van der Waals surface area contributed by atoms with Crippen molar-refractivity contribution in [1.82, 2.24) is 20.0 Å². The van der Waals surface area contributed by atoms with E-state index in [0.29, 0.717) is 13.0 Å². The predicted octanol–water partition coefficient (Wildman–Crippen LogP) is 0.535. The smallest absolute Gasteiger partial charge is 0.267 e. The van der Waals surface area contributed by atoms with Gasteiger partial charge in [-0.15, -0.1) is 0 Å². The normalized spacial score (nSPS) is 27.3. The van der Waals surface area contributed by atoms with Crippen LogP contribution in [0.15, 0.2) is 10.9 Å². The number of rotatable bonds is 4. The lowest BCUT2D eigenvalue weighted by atomic mass is 9.78. The summed E-state index contributed by atoms with van der Waals surface area (Å²) in [5, 5.41) is 7.22. The molecule has 1 aromatic heterocycles. The van der Waals surface area contributed by atoms with Crippen molar-refractivity contribution in [2.24, 2.45) is 0 Å². The minimum absolute atomic E-state index is 0.0339. The van der Waals surface area contributed by atoms with Crippen LogP contribution in [-0.4, -0.2) is 57.8 Å². The number of fused-ring (bicyclic) bond motifs is 1. The maximum Gasteiger partial charge on any atom is 0.267 e. The van der Waals surface area contributed by atoms with Crippen LogP contribution in [-0.2, 0) is 20.9 Å². The number of hydrogen-bond acceptors (Lipinski definition) is 5. The van der Waals surface area contributed by atoms with Gasteiger partial charge in [-0.05, 0) is 45.1 Å². The van der Waals surface area contributed by atoms with Crippen molar-refractivity contribution >= 4 is 11.8 Å². The molecule has 3 atom stereocenters. The molecule has 8 heteroatoms. The molecule has 0 bridgehead atoms. The fraction of sp³-hybridized carbons (Fsp3) is 0.684. The Bertz CT molecular complexity index is 805. The Morgan fingerprint density at radius 2 is 2.11 bits per heavy atom. The van der Waals surface area contributed by atoms with Crippen molar-refractivity contribution in [3.05, 3.63) is 27.7 Å². The van der Waals surface area contributed by atoms with E-state index in [1.165, 1.54) is 17.7 Å². The molecule has 1 saturated carbocycles. The highest BCUT2D eigenvalue weighted by Crippen LogP contribution is 2.42. The van der Waals surface area contributed by atoms with E-state index in [1.54, 1.807) is 12.0 Å². The van der Waals surface area contributed by atoms with E-state index >= 15 is 0 Å².